The predicted octanol–water partition coefficient (Wildman–Crippen LogP) is 2.52. The predicted molar refractivity (Wildman–Crippen MR) is 78.3 cm³/mol. The molecule has 0 aliphatic heterocycles. The lowest BCUT2D eigenvalue weighted by molar-refractivity contribution is 0.354. The van der Waals surface area contributed by atoms with Crippen LogP contribution in [0.5, 0.6) is 11.5 Å². The van der Waals surface area contributed by atoms with Gasteiger partial charge in [0.2, 0.25) is 0 Å². The van der Waals surface area contributed by atoms with Gasteiger partial charge in [-0.3, -0.25) is 0 Å². The maximum absolute atomic E-state index is 5.37. The van der Waals surface area contributed by atoms with Crippen LogP contribution in [0.15, 0.2) is 30.6 Å². The van der Waals surface area contributed by atoms with Gasteiger partial charge in [-0.1, -0.05) is 13.0 Å². The smallest absolute Gasteiger partial charge is 0.161 e. The first-order valence-electron chi connectivity index (χ1n) is 6.74. The molecule has 1 unspecified atom stereocenters. The first kappa shape index (κ1) is 14.4. The summed E-state index contributed by atoms with van der Waals surface area (Å²) in [5.41, 5.74) is 1.09. The van der Waals surface area contributed by atoms with Crippen LogP contribution < -0.4 is 14.8 Å². The van der Waals surface area contributed by atoms with Crippen molar-refractivity contribution in [1.82, 2.24) is 15.3 Å². The van der Waals surface area contributed by atoms with Crippen molar-refractivity contribution in [1.29, 1.82) is 0 Å². The third kappa shape index (κ3) is 3.11. The van der Waals surface area contributed by atoms with Crippen LogP contribution in [0.3, 0.4) is 0 Å². The largest absolute Gasteiger partial charge is 0.493 e. The van der Waals surface area contributed by atoms with E-state index in [0.29, 0.717) is 0 Å². The molecule has 0 bridgehead atoms. The zero-order chi connectivity index (χ0) is 14.4. The summed E-state index contributed by atoms with van der Waals surface area (Å²) in [5, 5.41) is 3.49. The Morgan fingerprint density at radius 3 is 2.65 bits per heavy atom. The molecule has 0 amide bonds. The maximum atomic E-state index is 5.37. The number of nitrogens with zero attached hydrogens (tertiary/aromatic N) is 1. The normalized spacial score (nSPS) is 12.2. The minimum Gasteiger partial charge on any atom is -0.493 e. The fraction of sp³-hybridized carbons (Fsp3) is 0.400. The third-order valence-electron chi connectivity index (χ3n) is 3.13. The van der Waals surface area contributed by atoms with E-state index in [-0.39, 0.29) is 6.04 Å². The van der Waals surface area contributed by atoms with Gasteiger partial charge in [0.25, 0.3) is 0 Å². The van der Waals surface area contributed by atoms with Gasteiger partial charge in [-0.05, 0) is 30.7 Å². The highest BCUT2D eigenvalue weighted by atomic mass is 16.5. The molecule has 0 radical (unpaired) electrons. The van der Waals surface area contributed by atoms with Gasteiger partial charge < -0.3 is 19.8 Å². The molecule has 1 aromatic carbocycles. The number of hydrogen-bond acceptors (Lipinski definition) is 4. The summed E-state index contributed by atoms with van der Waals surface area (Å²) in [6.07, 6.45) is 4.65. The van der Waals surface area contributed by atoms with E-state index in [1.807, 2.05) is 24.4 Å². The fourth-order valence-electron chi connectivity index (χ4n) is 2.13. The number of ether oxygens (including phenoxy) is 2. The van der Waals surface area contributed by atoms with Crippen LogP contribution in [0.1, 0.15) is 30.8 Å². The van der Waals surface area contributed by atoms with E-state index in [2.05, 4.69) is 22.2 Å². The number of methoxy groups -OCH3 is 2. The van der Waals surface area contributed by atoms with Gasteiger partial charge in [0.05, 0.1) is 20.3 Å². The summed E-state index contributed by atoms with van der Waals surface area (Å²) in [7, 11) is 3.28. The van der Waals surface area contributed by atoms with Crippen LogP contribution in [0, 0.1) is 0 Å². The molecule has 0 fully saturated rings. The van der Waals surface area contributed by atoms with Crippen LogP contribution in [0.4, 0.5) is 0 Å². The van der Waals surface area contributed by atoms with Gasteiger partial charge in [-0.15, -0.1) is 0 Å². The van der Waals surface area contributed by atoms with Crippen LogP contribution in [0.25, 0.3) is 0 Å². The van der Waals surface area contributed by atoms with Crippen molar-refractivity contribution in [3.63, 3.8) is 0 Å². The molecule has 2 aromatic rings. The molecule has 1 heterocycles. The van der Waals surface area contributed by atoms with Crippen molar-refractivity contribution in [2.24, 2.45) is 0 Å². The third-order valence-corrected chi connectivity index (χ3v) is 3.13. The summed E-state index contributed by atoms with van der Waals surface area (Å²) in [4.78, 5) is 7.52. The molecule has 0 aliphatic rings. The van der Waals surface area contributed by atoms with E-state index < -0.39 is 0 Å². The summed E-state index contributed by atoms with van der Waals surface area (Å²) in [6, 6.07) is 5.94. The Hall–Kier alpha value is -2.01. The zero-order valence-electron chi connectivity index (χ0n) is 12.1. The number of rotatable bonds is 7. The summed E-state index contributed by atoms with van der Waals surface area (Å²) in [5.74, 6) is 2.34. The van der Waals surface area contributed by atoms with Crippen LogP contribution in [-0.4, -0.2) is 30.7 Å². The molecule has 0 saturated heterocycles. The summed E-state index contributed by atoms with van der Waals surface area (Å²) in [6.45, 7) is 3.06. The van der Waals surface area contributed by atoms with Crippen molar-refractivity contribution < 1.29 is 9.47 Å². The zero-order valence-corrected chi connectivity index (χ0v) is 12.1. The van der Waals surface area contributed by atoms with Crippen molar-refractivity contribution >= 4 is 0 Å². The van der Waals surface area contributed by atoms with Gasteiger partial charge in [-0.2, -0.15) is 0 Å². The Labute approximate surface area is 119 Å². The summed E-state index contributed by atoms with van der Waals surface area (Å²) >= 11 is 0. The highest BCUT2D eigenvalue weighted by molar-refractivity contribution is 5.44. The molecular formula is C15H21N3O2. The van der Waals surface area contributed by atoms with E-state index in [4.69, 9.17) is 9.47 Å². The number of benzene rings is 1. The van der Waals surface area contributed by atoms with Gasteiger partial charge in [0.1, 0.15) is 5.82 Å². The lowest BCUT2D eigenvalue weighted by Crippen LogP contribution is -2.24. The molecule has 0 saturated carbocycles. The van der Waals surface area contributed by atoms with Crippen molar-refractivity contribution in [3.05, 3.63) is 42.0 Å². The highest BCUT2D eigenvalue weighted by Crippen LogP contribution is 2.31. The minimum atomic E-state index is 0.0183. The SMILES string of the molecule is CCCNC(c1ccc(OC)c(OC)c1)c1ncc[nH]1. The molecule has 2 rings (SSSR count). The van der Waals surface area contributed by atoms with Crippen molar-refractivity contribution in [2.45, 2.75) is 19.4 Å². The van der Waals surface area contributed by atoms with Gasteiger partial charge in [0, 0.05) is 12.4 Å². The standard InChI is InChI=1S/C15H21N3O2/c1-4-7-16-14(15-17-8-9-18-15)11-5-6-12(19-2)13(10-11)20-3/h5-6,8-10,14,16H,4,7H2,1-3H3,(H,17,18). The van der Waals surface area contributed by atoms with E-state index >= 15 is 0 Å². The monoisotopic (exact) mass is 275 g/mol. The second-order valence-electron chi connectivity index (χ2n) is 4.48. The minimum absolute atomic E-state index is 0.0183. The van der Waals surface area contributed by atoms with E-state index in [9.17, 15) is 0 Å². The Balaban J connectivity index is 2.33. The lowest BCUT2D eigenvalue weighted by atomic mass is 10.1. The molecular weight excluding hydrogens is 254 g/mol. The van der Waals surface area contributed by atoms with Crippen molar-refractivity contribution in [3.8, 4) is 11.5 Å². The van der Waals surface area contributed by atoms with E-state index in [0.717, 1.165) is 35.9 Å². The number of aromatic nitrogens is 2. The lowest BCUT2D eigenvalue weighted by Gasteiger charge is -2.18. The molecule has 1 atom stereocenters. The van der Waals surface area contributed by atoms with Crippen LogP contribution in [0.2, 0.25) is 0 Å². The number of imidazole rings is 1. The molecule has 108 valence electrons. The van der Waals surface area contributed by atoms with Crippen LogP contribution >= 0.6 is 0 Å². The molecule has 20 heavy (non-hydrogen) atoms. The number of hydrogen-bond donors (Lipinski definition) is 2. The summed E-state index contributed by atoms with van der Waals surface area (Å²) < 4.78 is 10.6. The Bertz CT molecular complexity index is 526. The first-order valence-corrected chi connectivity index (χ1v) is 6.74. The Morgan fingerprint density at radius 2 is 2.05 bits per heavy atom. The first-order chi connectivity index (χ1) is 9.80. The Kier molecular flexibility index (Phi) is 5.01. The number of H-pyrrole nitrogens is 1. The maximum Gasteiger partial charge on any atom is 0.161 e. The molecule has 0 aliphatic carbocycles. The van der Waals surface area contributed by atoms with Gasteiger partial charge in [0.15, 0.2) is 11.5 Å². The van der Waals surface area contributed by atoms with E-state index in [1.165, 1.54) is 0 Å². The number of nitrogens with one attached hydrogen (secondary N) is 2. The Morgan fingerprint density at radius 1 is 1.25 bits per heavy atom. The van der Waals surface area contributed by atoms with E-state index in [1.54, 1.807) is 20.4 Å². The highest BCUT2D eigenvalue weighted by Gasteiger charge is 2.17. The molecule has 1 aromatic heterocycles. The second-order valence-corrected chi connectivity index (χ2v) is 4.48. The molecule has 5 nitrogen and oxygen atoms in total. The van der Waals surface area contributed by atoms with Crippen molar-refractivity contribution in [2.75, 3.05) is 20.8 Å². The van der Waals surface area contributed by atoms with Crippen LogP contribution in [-0.2, 0) is 0 Å². The quantitative estimate of drug-likeness (QED) is 0.815. The molecule has 5 heteroatoms. The second kappa shape index (κ2) is 6.96. The molecule has 0 spiro atoms. The van der Waals surface area contributed by atoms with Gasteiger partial charge >= 0.3 is 0 Å². The average molecular weight is 275 g/mol. The average Bonchev–Trinajstić information content (AvgIpc) is 3.01. The topological polar surface area (TPSA) is 59.2 Å². The number of aromatic amines is 1. The molecule has 2 N–H and O–H groups in total. The van der Waals surface area contributed by atoms with Gasteiger partial charge in [-0.25, -0.2) is 4.98 Å². The fourth-order valence-corrected chi connectivity index (χ4v) is 2.13.